The molecule has 0 saturated heterocycles. The van der Waals surface area contributed by atoms with Gasteiger partial charge in [-0.05, 0) is 61.2 Å². The maximum absolute atomic E-state index is 12.3. The van der Waals surface area contributed by atoms with Gasteiger partial charge in [-0.15, -0.1) is 0 Å². The number of nitrogens with zero attached hydrogens (tertiary/aromatic N) is 1. The van der Waals surface area contributed by atoms with Crippen LogP contribution in [0.4, 0.5) is 0 Å². The molecular formula is C23H25N3O3. The van der Waals surface area contributed by atoms with Crippen LogP contribution in [0.1, 0.15) is 28.0 Å². The lowest BCUT2D eigenvalue weighted by atomic mass is 10.1. The summed E-state index contributed by atoms with van der Waals surface area (Å²) < 4.78 is 10.5. The number of carbonyl (C=O) groups excluding carboxylic acids is 1. The number of nitrogens with one attached hydrogen (secondary N) is 2. The highest BCUT2D eigenvalue weighted by molar-refractivity contribution is 5.93. The van der Waals surface area contributed by atoms with E-state index < -0.39 is 0 Å². The van der Waals surface area contributed by atoms with Crippen LogP contribution in [0.2, 0.25) is 0 Å². The molecule has 0 unspecified atom stereocenters. The number of amides is 1. The van der Waals surface area contributed by atoms with E-state index in [1.54, 1.807) is 13.2 Å². The minimum Gasteiger partial charge on any atom is -0.497 e. The standard InChI is InChI=1S/C23H25N3O3/c1-28-20-9-7-16(8-10-20)22-15-21(26-29-22)23(27)25-12-4-11-24-19-13-17-5-2-3-6-18(17)14-19/h2-3,5-10,15,19,24H,4,11-14H2,1H3,(H,25,27). The fourth-order valence-electron chi connectivity index (χ4n) is 3.66. The lowest BCUT2D eigenvalue weighted by Gasteiger charge is -2.11. The largest absolute Gasteiger partial charge is 0.497 e. The molecule has 0 saturated carbocycles. The Morgan fingerprint density at radius 2 is 1.83 bits per heavy atom. The quantitative estimate of drug-likeness (QED) is 0.577. The van der Waals surface area contributed by atoms with Gasteiger partial charge in [-0.1, -0.05) is 29.4 Å². The van der Waals surface area contributed by atoms with Crippen molar-refractivity contribution < 1.29 is 14.1 Å². The summed E-state index contributed by atoms with van der Waals surface area (Å²) in [6.45, 7) is 1.46. The predicted octanol–water partition coefficient (Wildman–Crippen LogP) is 3.23. The SMILES string of the molecule is COc1ccc(-c2cc(C(=O)NCCCNC3Cc4ccccc4C3)no2)cc1. The van der Waals surface area contributed by atoms with Gasteiger partial charge in [0.05, 0.1) is 7.11 Å². The van der Waals surface area contributed by atoms with Crippen LogP contribution in [0.15, 0.2) is 59.1 Å². The number of fused-ring (bicyclic) bond motifs is 1. The van der Waals surface area contributed by atoms with E-state index in [2.05, 4.69) is 40.1 Å². The van der Waals surface area contributed by atoms with Crippen molar-refractivity contribution in [2.75, 3.05) is 20.2 Å². The number of hydrogen-bond donors (Lipinski definition) is 2. The van der Waals surface area contributed by atoms with Gasteiger partial charge < -0.3 is 19.9 Å². The molecule has 0 atom stereocenters. The predicted molar refractivity (Wildman–Crippen MR) is 111 cm³/mol. The fraction of sp³-hybridized carbons (Fsp3) is 0.304. The van der Waals surface area contributed by atoms with Gasteiger partial charge in [0.1, 0.15) is 5.75 Å². The number of hydrogen-bond acceptors (Lipinski definition) is 5. The molecule has 1 aromatic heterocycles. The van der Waals surface area contributed by atoms with Gasteiger partial charge in [0.15, 0.2) is 11.5 Å². The molecule has 4 rings (SSSR count). The Balaban J connectivity index is 1.19. The molecule has 0 bridgehead atoms. The molecule has 6 heteroatoms. The third kappa shape index (κ3) is 4.66. The normalized spacial score (nSPS) is 13.3. The maximum atomic E-state index is 12.3. The Hall–Kier alpha value is -3.12. The topological polar surface area (TPSA) is 76.4 Å². The highest BCUT2D eigenvalue weighted by Crippen LogP contribution is 2.23. The van der Waals surface area contributed by atoms with Gasteiger partial charge in [0.2, 0.25) is 0 Å². The second-order valence-corrected chi connectivity index (χ2v) is 7.24. The first-order chi connectivity index (χ1) is 14.2. The van der Waals surface area contributed by atoms with Crippen molar-refractivity contribution in [1.82, 2.24) is 15.8 Å². The molecule has 1 aliphatic rings. The van der Waals surface area contributed by atoms with E-state index in [9.17, 15) is 4.79 Å². The monoisotopic (exact) mass is 391 g/mol. The number of rotatable bonds is 8. The van der Waals surface area contributed by atoms with Crippen LogP contribution < -0.4 is 15.4 Å². The highest BCUT2D eigenvalue weighted by atomic mass is 16.5. The van der Waals surface area contributed by atoms with E-state index in [4.69, 9.17) is 9.26 Å². The van der Waals surface area contributed by atoms with Crippen LogP contribution in [-0.4, -0.2) is 37.3 Å². The van der Waals surface area contributed by atoms with Crippen LogP contribution in [0.25, 0.3) is 11.3 Å². The number of ether oxygens (including phenoxy) is 1. The molecule has 0 aliphatic heterocycles. The Labute approximate surface area is 170 Å². The molecule has 6 nitrogen and oxygen atoms in total. The van der Waals surface area contributed by atoms with Crippen molar-refractivity contribution >= 4 is 5.91 Å². The number of methoxy groups -OCH3 is 1. The van der Waals surface area contributed by atoms with Crippen LogP contribution in [-0.2, 0) is 12.8 Å². The van der Waals surface area contributed by atoms with Crippen molar-refractivity contribution in [3.05, 3.63) is 71.4 Å². The van der Waals surface area contributed by atoms with Gasteiger partial charge >= 0.3 is 0 Å². The molecule has 0 fully saturated rings. The molecule has 2 N–H and O–H groups in total. The van der Waals surface area contributed by atoms with Crippen molar-refractivity contribution in [3.63, 3.8) is 0 Å². The minimum absolute atomic E-state index is 0.221. The van der Waals surface area contributed by atoms with Crippen molar-refractivity contribution in [3.8, 4) is 17.1 Å². The van der Waals surface area contributed by atoms with Crippen LogP contribution in [0.5, 0.6) is 5.75 Å². The Morgan fingerprint density at radius 1 is 1.10 bits per heavy atom. The Kier molecular flexibility index (Phi) is 5.91. The molecule has 29 heavy (non-hydrogen) atoms. The molecule has 150 valence electrons. The molecule has 1 heterocycles. The third-order valence-corrected chi connectivity index (χ3v) is 5.24. The number of carbonyl (C=O) groups is 1. The van der Waals surface area contributed by atoms with Crippen LogP contribution in [0, 0.1) is 0 Å². The lowest BCUT2D eigenvalue weighted by Crippen LogP contribution is -2.33. The van der Waals surface area contributed by atoms with E-state index in [1.807, 2.05) is 24.3 Å². The number of aromatic nitrogens is 1. The molecule has 1 aliphatic carbocycles. The van der Waals surface area contributed by atoms with Gasteiger partial charge in [0, 0.05) is 24.2 Å². The van der Waals surface area contributed by atoms with Crippen LogP contribution in [0.3, 0.4) is 0 Å². The molecular weight excluding hydrogens is 366 g/mol. The van der Waals surface area contributed by atoms with E-state index in [0.29, 0.717) is 18.3 Å². The maximum Gasteiger partial charge on any atom is 0.273 e. The van der Waals surface area contributed by atoms with E-state index in [1.165, 1.54) is 11.1 Å². The molecule has 0 radical (unpaired) electrons. The average Bonchev–Trinajstić information content (AvgIpc) is 3.40. The lowest BCUT2D eigenvalue weighted by molar-refractivity contribution is 0.0944. The summed E-state index contributed by atoms with van der Waals surface area (Å²) in [7, 11) is 1.62. The summed E-state index contributed by atoms with van der Waals surface area (Å²) in [5.74, 6) is 1.10. The highest BCUT2D eigenvalue weighted by Gasteiger charge is 2.20. The van der Waals surface area contributed by atoms with E-state index in [0.717, 1.165) is 37.1 Å². The Bertz CT molecular complexity index is 941. The summed E-state index contributed by atoms with van der Waals surface area (Å²) in [6.07, 6.45) is 3.02. The molecule has 3 aromatic rings. The van der Waals surface area contributed by atoms with E-state index in [-0.39, 0.29) is 11.6 Å². The molecule has 1 amide bonds. The first-order valence-corrected chi connectivity index (χ1v) is 9.92. The van der Waals surface area contributed by atoms with Gasteiger partial charge in [-0.2, -0.15) is 0 Å². The van der Waals surface area contributed by atoms with E-state index >= 15 is 0 Å². The zero-order valence-electron chi connectivity index (χ0n) is 16.5. The van der Waals surface area contributed by atoms with Crippen LogP contribution >= 0.6 is 0 Å². The average molecular weight is 391 g/mol. The summed E-state index contributed by atoms with van der Waals surface area (Å²) in [5.41, 5.74) is 4.02. The zero-order chi connectivity index (χ0) is 20.1. The smallest absolute Gasteiger partial charge is 0.273 e. The second kappa shape index (κ2) is 8.92. The Morgan fingerprint density at radius 3 is 2.52 bits per heavy atom. The molecule has 0 spiro atoms. The zero-order valence-corrected chi connectivity index (χ0v) is 16.5. The number of benzene rings is 2. The molecule has 2 aromatic carbocycles. The van der Waals surface area contributed by atoms with Crippen molar-refractivity contribution in [2.45, 2.75) is 25.3 Å². The minimum atomic E-state index is -0.221. The summed E-state index contributed by atoms with van der Waals surface area (Å²) in [4.78, 5) is 12.3. The van der Waals surface area contributed by atoms with Crippen molar-refractivity contribution in [2.24, 2.45) is 0 Å². The third-order valence-electron chi connectivity index (χ3n) is 5.24. The summed E-state index contributed by atoms with van der Waals surface area (Å²) in [5, 5.41) is 10.4. The summed E-state index contributed by atoms with van der Waals surface area (Å²) >= 11 is 0. The summed E-state index contributed by atoms with van der Waals surface area (Å²) in [6, 6.07) is 18.2. The van der Waals surface area contributed by atoms with Gasteiger partial charge in [-0.25, -0.2) is 0 Å². The fourth-order valence-corrected chi connectivity index (χ4v) is 3.66. The van der Waals surface area contributed by atoms with Gasteiger partial charge in [0.25, 0.3) is 5.91 Å². The van der Waals surface area contributed by atoms with Gasteiger partial charge in [-0.3, -0.25) is 4.79 Å². The first kappa shape index (κ1) is 19.2. The van der Waals surface area contributed by atoms with Crippen molar-refractivity contribution in [1.29, 1.82) is 0 Å². The first-order valence-electron chi connectivity index (χ1n) is 9.92. The second-order valence-electron chi connectivity index (χ2n) is 7.24.